The topological polar surface area (TPSA) is 98.8 Å². The fourth-order valence-corrected chi connectivity index (χ4v) is 6.82. The number of fused-ring (bicyclic) bond motifs is 1. The molecule has 0 aromatic heterocycles. The molecule has 0 spiro atoms. The fourth-order valence-electron chi connectivity index (χ4n) is 6.82. The van der Waals surface area contributed by atoms with Crippen LogP contribution < -0.4 is 10.6 Å². The first-order valence-electron chi connectivity index (χ1n) is 16.0. The van der Waals surface area contributed by atoms with Gasteiger partial charge in [0.25, 0.3) is 5.91 Å². The van der Waals surface area contributed by atoms with Gasteiger partial charge in [0.15, 0.2) is 0 Å². The average molecular weight is 597 g/mol. The summed E-state index contributed by atoms with van der Waals surface area (Å²) >= 11 is 0. The highest BCUT2D eigenvalue weighted by Gasteiger charge is 2.39. The number of nitrogens with one attached hydrogen (secondary N) is 2. The van der Waals surface area contributed by atoms with E-state index in [1.165, 1.54) is 6.42 Å². The lowest BCUT2D eigenvalue weighted by molar-refractivity contribution is -0.139. The van der Waals surface area contributed by atoms with E-state index >= 15 is 0 Å². The largest absolute Gasteiger partial charge is 0.343 e. The molecule has 3 aromatic carbocycles. The summed E-state index contributed by atoms with van der Waals surface area (Å²) in [4.78, 5) is 56.0. The Labute approximate surface area is 260 Å². The summed E-state index contributed by atoms with van der Waals surface area (Å²) in [5, 5.41) is 7.76. The van der Waals surface area contributed by atoms with Crippen LogP contribution in [0.4, 0.5) is 0 Å². The minimum Gasteiger partial charge on any atom is -0.343 e. The van der Waals surface area contributed by atoms with Gasteiger partial charge in [-0.1, -0.05) is 67.8 Å². The highest BCUT2D eigenvalue weighted by molar-refractivity contribution is 5.99. The zero-order chi connectivity index (χ0) is 30.9. The quantitative estimate of drug-likeness (QED) is 0.298. The van der Waals surface area contributed by atoms with Gasteiger partial charge in [-0.2, -0.15) is 0 Å². The summed E-state index contributed by atoms with van der Waals surface area (Å²) in [6.45, 7) is 1.75. The van der Waals surface area contributed by atoms with Gasteiger partial charge in [0.2, 0.25) is 11.8 Å². The van der Waals surface area contributed by atoms with E-state index in [1.807, 2.05) is 58.3 Å². The predicted molar refractivity (Wildman–Crippen MR) is 173 cm³/mol. The van der Waals surface area contributed by atoms with Crippen LogP contribution in [0.3, 0.4) is 0 Å². The van der Waals surface area contributed by atoms with Gasteiger partial charge in [-0.15, -0.1) is 0 Å². The van der Waals surface area contributed by atoms with Crippen LogP contribution in [0.5, 0.6) is 0 Å². The summed E-state index contributed by atoms with van der Waals surface area (Å²) in [5.41, 5.74) is 2.33. The highest BCUT2D eigenvalue weighted by Crippen LogP contribution is 2.30. The van der Waals surface area contributed by atoms with E-state index in [-0.39, 0.29) is 36.2 Å². The van der Waals surface area contributed by atoms with Crippen molar-refractivity contribution in [1.29, 1.82) is 0 Å². The van der Waals surface area contributed by atoms with Gasteiger partial charge in [-0.25, -0.2) is 0 Å². The Kier molecular flexibility index (Phi) is 10.8. The van der Waals surface area contributed by atoms with Crippen molar-refractivity contribution in [1.82, 2.24) is 20.4 Å². The van der Waals surface area contributed by atoms with Crippen LogP contribution in [0.25, 0.3) is 10.8 Å². The van der Waals surface area contributed by atoms with E-state index in [4.69, 9.17) is 0 Å². The van der Waals surface area contributed by atoms with Crippen molar-refractivity contribution < 1.29 is 19.2 Å². The number of nitrogens with zero attached hydrogens (tertiary/aromatic N) is 2. The molecule has 1 aliphatic heterocycles. The molecule has 3 aromatic rings. The second-order valence-electron chi connectivity index (χ2n) is 12.2. The monoisotopic (exact) mass is 596 g/mol. The third-order valence-electron chi connectivity index (χ3n) is 9.18. The number of amides is 3. The van der Waals surface area contributed by atoms with Crippen LogP contribution in [0.15, 0.2) is 66.7 Å². The molecule has 0 radical (unpaired) electrons. The van der Waals surface area contributed by atoms with Gasteiger partial charge in [0.1, 0.15) is 12.3 Å². The molecule has 8 heteroatoms. The lowest BCUT2D eigenvalue weighted by Crippen LogP contribution is -2.56. The van der Waals surface area contributed by atoms with Crippen molar-refractivity contribution in [3.63, 3.8) is 0 Å². The second kappa shape index (κ2) is 15.1. The number of benzene rings is 3. The molecule has 3 amide bonds. The average Bonchev–Trinajstić information content (AvgIpc) is 3.53. The maximum Gasteiger partial charge on any atom is 0.253 e. The number of likely N-dealkylation sites (tertiary alicyclic amines) is 1. The normalized spacial score (nSPS) is 17.8. The third-order valence-corrected chi connectivity index (χ3v) is 9.18. The minimum atomic E-state index is -0.540. The van der Waals surface area contributed by atoms with Crippen LogP contribution in [-0.2, 0) is 16.0 Å². The number of carbonyl (C=O) groups is 4. The summed E-state index contributed by atoms with van der Waals surface area (Å²) in [6.07, 6.45) is 8.40. The van der Waals surface area contributed by atoms with Gasteiger partial charge < -0.3 is 20.4 Å². The number of carbonyl (C=O) groups excluding carboxylic acids is 4. The Morgan fingerprint density at radius 3 is 2.43 bits per heavy atom. The minimum absolute atomic E-state index is 0.0176. The molecule has 8 nitrogen and oxygen atoms in total. The molecule has 5 rings (SSSR count). The van der Waals surface area contributed by atoms with Crippen LogP contribution in [0, 0.1) is 5.92 Å². The molecule has 232 valence electrons. The smallest absolute Gasteiger partial charge is 0.253 e. The van der Waals surface area contributed by atoms with E-state index in [2.05, 4.69) is 22.8 Å². The Bertz CT molecular complexity index is 1450. The summed E-state index contributed by atoms with van der Waals surface area (Å²) in [6, 6.07) is 20.5. The SMILES string of the molecule is CNCC(=O)NC(C(=O)N1CCCC1CN(CCc1ccccc1)C(=O)c1ccc2cc(C=O)ccc2c1)C1CCCCC1. The van der Waals surface area contributed by atoms with Crippen molar-refractivity contribution >= 4 is 34.8 Å². The van der Waals surface area contributed by atoms with E-state index in [9.17, 15) is 19.2 Å². The zero-order valence-corrected chi connectivity index (χ0v) is 25.7. The molecule has 2 N–H and O–H groups in total. The van der Waals surface area contributed by atoms with E-state index in [0.29, 0.717) is 37.2 Å². The highest BCUT2D eigenvalue weighted by atomic mass is 16.2. The van der Waals surface area contributed by atoms with Crippen molar-refractivity contribution in [3.05, 3.63) is 83.4 Å². The first kappa shape index (κ1) is 31.4. The Morgan fingerprint density at radius 2 is 1.68 bits per heavy atom. The summed E-state index contributed by atoms with van der Waals surface area (Å²) in [7, 11) is 1.73. The van der Waals surface area contributed by atoms with Gasteiger partial charge in [-0.3, -0.25) is 19.2 Å². The van der Waals surface area contributed by atoms with Crippen LogP contribution in [0.2, 0.25) is 0 Å². The van der Waals surface area contributed by atoms with E-state index in [1.54, 1.807) is 13.1 Å². The number of aldehydes is 1. The predicted octanol–water partition coefficient (Wildman–Crippen LogP) is 4.61. The molecule has 44 heavy (non-hydrogen) atoms. The van der Waals surface area contributed by atoms with Gasteiger partial charge in [0, 0.05) is 36.8 Å². The standard InChI is InChI=1S/C36H44N4O4/c1-37-23-33(42)38-34(28-11-6-3-7-12-28)36(44)40-19-8-13-32(40)24-39(20-18-26-9-4-2-5-10-26)35(43)31-17-16-29-21-27(25-41)14-15-30(29)22-31/h2,4-5,9-10,14-17,21-22,25,28,32,34,37H,3,6-8,11-13,18-20,23-24H2,1H3,(H,38,42). The second-order valence-corrected chi connectivity index (χ2v) is 12.2. The number of likely N-dealkylation sites (N-methyl/N-ethyl adjacent to an activating group) is 1. The maximum absolute atomic E-state index is 14.2. The maximum atomic E-state index is 14.2. The van der Waals surface area contributed by atoms with Crippen LogP contribution >= 0.6 is 0 Å². The molecule has 0 bridgehead atoms. The number of hydrogen-bond donors (Lipinski definition) is 2. The fraction of sp³-hybridized carbons (Fsp3) is 0.444. The zero-order valence-electron chi connectivity index (χ0n) is 25.7. The van der Waals surface area contributed by atoms with Gasteiger partial charge >= 0.3 is 0 Å². The van der Waals surface area contributed by atoms with E-state index < -0.39 is 6.04 Å². The Balaban J connectivity index is 1.37. The molecule has 2 atom stereocenters. The molecule has 2 aliphatic rings. The Hall–Kier alpha value is -4.04. The summed E-state index contributed by atoms with van der Waals surface area (Å²) < 4.78 is 0. The molecule has 1 saturated carbocycles. The molecule has 1 heterocycles. The molecular weight excluding hydrogens is 552 g/mol. The third kappa shape index (κ3) is 7.72. The molecule has 2 unspecified atom stereocenters. The first-order valence-corrected chi connectivity index (χ1v) is 16.0. The number of hydrogen-bond acceptors (Lipinski definition) is 5. The first-order chi connectivity index (χ1) is 21.5. The number of rotatable bonds is 12. The van der Waals surface area contributed by atoms with Gasteiger partial charge in [0.05, 0.1) is 6.54 Å². The molecule has 1 aliphatic carbocycles. The van der Waals surface area contributed by atoms with Crippen LogP contribution in [0.1, 0.15) is 71.2 Å². The van der Waals surface area contributed by atoms with Crippen molar-refractivity contribution in [2.45, 2.75) is 63.5 Å². The van der Waals surface area contributed by atoms with Crippen molar-refractivity contribution in [2.24, 2.45) is 5.92 Å². The molecular formula is C36H44N4O4. The van der Waals surface area contributed by atoms with Crippen molar-refractivity contribution in [3.8, 4) is 0 Å². The van der Waals surface area contributed by atoms with Gasteiger partial charge in [-0.05, 0) is 79.6 Å². The lowest BCUT2D eigenvalue weighted by Gasteiger charge is -2.36. The lowest BCUT2D eigenvalue weighted by atomic mass is 9.83. The summed E-state index contributed by atoms with van der Waals surface area (Å²) in [5.74, 6) is -0.126. The molecule has 1 saturated heterocycles. The molecule has 2 fully saturated rings. The van der Waals surface area contributed by atoms with Crippen LogP contribution in [-0.4, -0.2) is 79.1 Å². The van der Waals surface area contributed by atoms with Crippen molar-refractivity contribution in [2.75, 3.05) is 33.2 Å². The Morgan fingerprint density at radius 1 is 0.932 bits per heavy atom. The van der Waals surface area contributed by atoms with E-state index in [0.717, 1.165) is 61.1 Å².